The van der Waals surface area contributed by atoms with Crippen LogP contribution in [0.4, 0.5) is 0 Å². The van der Waals surface area contributed by atoms with E-state index in [-0.39, 0.29) is 6.04 Å². The Labute approximate surface area is 106 Å². The second kappa shape index (κ2) is 5.75. The van der Waals surface area contributed by atoms with Crippen LogP contribution in [-0.2, 0) is 6.54 Å². The van der Waals surface area contributed by atoms with Gasteiger partial charge in [0.1, 0.15) is 0 Å². The second-order valence-corrected chi connectivity index (χ2v) is 4.26. The highest BCUT2D eigenvalue weighted by Crippen LogP contribution is 2.15. The molecule has 0 saturated heterocycles. The average molecular weight is 248 g/mol. The number of nitrogens with one attached hydrogen (secondary N) is 1. The van der Waals surface area contributed by atoms with Gasteiger partial charge in [-0.25, -0.2) is 0 Å². The molecule has 0 aliphatic heterocycles. The fourth-order valence-corrected chi connectivity index (χ4v) is 1.75. The summed E-state index contributed by atoms with van der Waals surface area (Å²) in [4.78, 5) is 8.06. The van der Waals surface area contributed by atoms with Gasteiger partial charge < -0.3 is 5.32 Å². The molecule has 0 spiro atoms. The van der Waals surface area contributed by atoms with Crippen LogP contribution in [-0.4, -0.2) is 9.97 Å². The number of pyridine rings is 2. The summed E-state index contributed by atoms with van der Waals surface area (Å²) in [5, 5.41) is 4.10. The summed E-state index contributed by atoms with van der Waals surface area (Å²) in [6, 6.07) is 6.16. The molecule has 0 aliphatic rings. The van der Waals surface area contributed by atoms with E-state index in [4.69, 9.17) is 11.6 Å². The maximum absolute atomic E-state index is 6.04. The van der Waals surface area contributed by atoms with Crippen molar-refractivity contribution in [3.63, 3.8) is 0 Å². The van der Waals surface area contributed by atoms with Gasteiger partial charge in [-0.3, -0.25) is 9.97 Å². The molecule has 17 heavy (non-hydrogen) atoms. The number of nitrogens with zero attached hydrogens (tertiary/aromatic N) is 2. The molecule has 1 N–H and O–H groups in total. The normalized spacial score (nSPS) is 12.4. The molecule has 0 bridgehead atoms. The molecule has 1 atom stereocenters. The predicted octanol–water partition coefficient (Wildman–Crippen LogP) is 2.98. The Bertz CT molecular complexity index is 473. The molecule has 0 aromatic carbocycles. The van der Waals surface area contributed by atoms with Crippen molar-refractivity contribution in [2.75, 3.05) is 0 Å². The van der Waals surface area contributed by atoms with Crippen molar-refractivity contribution in [3.8, 4) is 0 Å². The van der Waals surface area contributed by atoms with E-state index in [1.54, 1.807) is 18.6 Å². The van der Waals surface area contributed by atoms with E-state index in [1.807, 2.05) is 18.3 Å². The third-order valence-corrected chi connectivity index (χ3v) is 2.98. The summed E-state index contributed by atoms with van der Waals surface area (Å²) in [7, 11) is 0. The Hall–Kier alpha value is -1.45. The van der Waals surface area contributed by atoms with Crippen LogP contribution in [0.3, 0.4) is 0 Å². The Morgan fingerprint density at radius 3 is 2.76 bits per heavy atom. The summed E-state index contributed by atoms with van der Waals surface area (Å²) in [5.41, 5.74) is 2.22. The minimum atomic E-state index is 0.243. The van der Waals surface area contributed by atoms with Crippen molar-refractivity contribution in [1.82, 2.24) is 15.3 Å². The maximum Gasteiger partial charge on any atom is 0.0634 e. The summed E-state index contributed by atoms with van der Waals surface area (Å²) in [5.74, 6) is 0. The van der Waals surface area contributed by atoms with Crippen molar-refractivity contribution in [2.45, 2.75) is 19.5 Å². The number of hydrogen-bond acceptors (Lipinski definition) is 3. The topological polar surface area (TPSA) is 37.8 Å². The van der Waals surface area contributed by atoms with Crippen LogP contribution in [0, 0.1) is 0 Å². The predicted molar refractivity (Wildman–Crippen MR) is 68.7 cm³/mol. The molecule has 2 aromatic rings. The van der Waals surface area contributed by atoms with Gasteiger partial charge in [-0.15, -0.1) is 0 Å². The van der Waals surface area contributed by atoms with Crippen LogP contribution in [0.25, 0.3) is 0 Å². The molecule has 0 radical (unpaired) electrons. The lowest BCUT2D eigenvalue weighted by Crippen LogP contribution is -2.18. The van der Waals surface area contributed by atoms with Crippen LogP contribution >= 0.6 is 11.6 Å². The first-order valence-electron chi connectivity index (χ1n) is 5.49. The Morgan fingerprint density at radius 2 is 2.06 bits per heavy atom. The molecule has 0 saturated carbocycles. The molecule has 2 heterocycles. The lowest BCUT2D eigenvalue weighted by molar-refractivity contribution is 0.573. The maximum atomic E-state index is 6.04. The lowest BCUT2D eigenvalue weighted by Gasteiger charge is -2.14. The molecule has 2 aromatic heterocycles. The van der Waals surface area contributed by atoms with E-state index in [0.29, 0.717) is 5.02 Å². The quantitative estimate of drug-likeness (QED) is 0.903. The van der Waals surface area contributed by atoms with Crippen LogP contribution in [0.1, 0.15) is 24.1 Å². The number of halogens is 1. The number of aromatic nitrogens is 2. The highest BCUT2D eigenvalue weighted by atomic mass is 35.5. The molecule has 0 unspecified atom stereocenters. The van der Waals surface area contributed by atoms with Gasteiger partial charge >= 0.3 is 0 Å². The molecule has 0 fully saturated rings. The SMILES string of the molecule is C[C@H](NCc1ccncc1Cl)c1cccnc1. The Balaban J connectivity index is 1.97. The molecule has 0 amide bonds. The van der Waals surface area contributed by atoms with Gasteiger partial charge in [0.05, 0.1) is 5.02 Å². The smallest absolute Gasteiger partial charge is 0.0634 e. The number of hydrogen-bond donors (Lipinski definition) is 1. The van der Waals surface area contributed by atoms with Crippen LogP contribution in [0.2, 0.25) is 5.02 Å². The molecule has 0 aliphatic carbocycles. The molecular weight excluding hydrogens is 234 g/mol. The summed E-state index contributed by atoms with van der Waals surface area (Å²) in [6.45, 7) is 2.82. The van der Waals surface area contributed by atoms with E-state index in [0.717, 1.165) is 17.7 Å². The van der Waals surface area contributed by atoms with E-state index < -0.39 is 0 Å². The lowest BCUT2D eigenvalue weighted by atomic mass is 10.1. The second-order valence-electron chi connectivity index (χ2n) is 3.86. The van der Waals surface area contributed by atoms with E-state index in [2.05, 4.69) is 28.3 Å². The minimum absolute atomic E-state index is 0.243. The first kappa shape index (κ1) is 12.0. The van der Waals surface area contributed by atoms with Gasteiger partial charge in [0, 0.05) is 37.4 Å². The zero-order valence-electron chi connectivity index (χ0n) is 9.60. The third-order valence-electron chi connectivity index (χ3n) is 2.64. The zero-order chi connectivity index (χ0) is 12.1. The van der Waals surface area contributed by atoms with Crippen molar-refractivity contribution in [2.24, 2.45) is 0 Å². The van der Waals surface area contributed by atoms with Crippen molar-refractivity contribution < 1.29 is 0 Å². The number of rotatable bonds is 4. The largest absolute Gasteiger partial charge is 0.306 e. The molecule has 2 rings (SSSR count). The first-order chi connectivity index (χ1) is 8.27. The monoisotopic (exact) mass is 247 g/mol. The standard InChI is InChI=1S/C13H14ClN3/c1-10(11-3-2-5-15-7-11)17-8-12-4-6-16-9-13(12)14/h2-7,9-10,17H,8H2,1H3/t10-/m0/s1. The van der Waals surface area contributed by atoms with Crippen molar-refractivity contribution >= 4 is 11.6 Å². The Kier molecular flexibility index (Phi) is 4.07. The van der Waals surface area contributed by atoms with Gasteiger partial charge in [-0.05, 0) is 30.2 Å². The Morgan fingerprint density at radius 1 is 1.24 bits per heavy atom. The van der Waals surface area contributed by atoms with E-state index >= 15 is 0 Å². The zero-order valence-corrected chi connectivity index (χ0v) is 10.4. The first-order valence-corrected chi connectivity index (χ1v) is 5.87. The van der Waals surface area contributed by atoms with Gasteiger partial charge in [0.25, 0.3) is 0 Å². The average Bonchev–Trinajstić information content (AvgIpc) is 2.38. The minimum Gasteiger partial charge on any atom is -0.306 e. The fourth-order valence-electron chi connectivity index (χ4n) is 1.56. The van der Waals surface area contributed by atoms with Gasteiger partial charge in [-0.2, -0.15) is 0 Å². The summed E-state index contributed by atoms with van der Waals surface area (Å²) in [6.07, 6.45) is 7.05. The van der Waals surface area contributed by atoms with Gasteiger partial charge in [0.2, 0.25) is 0 Å². The molecule has 3 nitrogen and oxygen atoms in total. The molecular formula is C13H14ClN3. The highest BCUT2D eigenvalue weighted by Gasteiger charge is 2.05. The van der Waals surface area contributed by atoms with E-state index in [1.165, 1.54) is 0 Å². The summed E-state index contributed by atoms with van der Waals surface area (Å²) < 4.78 is 0. The highest BCUT2D eigenvalue weighted by molar-refractivity contribution is 6.31. The molecule has 88 valence electrons. The molecule has 4 heteroatoms. The van der Waals surface area contributed by atoms with E-state index in [9.17, 15) is 0 Å². The van der Waals surface area contributed by atoms with Crippen LogP contribution in [0.15, 0.2) is 43.0 Å². The summed E-state index contributed by atoms with van der Waals surface area (Å²) >= 11 is 6.04. The third kappa shape index (κ3) is 3.25. The fraction of sp³-hybridized carbons (Fsp3) is 0.231. The van der Waals surface area contributed by atoms with Crippen molar-refractivity contribution in [1.29, 1.82) is 0 Å². The van der Waals surface area contributed by atoms with Gasteiger partial charge in [0.15, 0.2) is 0 Å². The van der Waals surface area contributed by atoms with Gasteiger partial charge in [-0.1, -0.05) is 17.7 Å². The van der Waals surface area contributed by atoms with Crippen LogP contribution < -0.4 is 5.32 Å². The van der Waals surface area contributed by atoms with Crippen molar-refractivity contribution in [3.05, 3.63) is 59.1 Å². The van der Waals surface area contributed by atoms with Crippen LogP contribution in [0.5, 0.6) is 0 Å².